The van der Waals surface area contributed by atoms with Crippen molar-refractivity contribution in [1.29, 1.82) is 0 Å². The molecule has 0 aromatic heterocycles. The molecule has 0 saturated carbocycles. The van der Waals surface area contributed by atoms with Crippen LogP contribution in [-0.4, -0.2) is 22.2 Å². The van der Waals surface area contributed by atoms with E-state index in [1.807, 2.05) is 0 Å². The summed E-state index contributed by atoms with van der Waals surface area (Å²) >= 11 is 0. The van der Waals surface area contributed by atoms with Gasteiger partial charge in [0.15, 0.2) is 0 Å². The van der Waals surface area contributed by atoms with E-state index in [-0.39, 0.29) is 0 Å². The van der Waals surface area contributed by atoms with Crippen molar-refractivity contribution in [3.8, 4) is 11.5 Å². The van der Waals surface area contributed by atoms with Crippen molar-refractivity contribution < 1.29 is 0 Å². The molecule has 0 aliphatic heterocycles. The van der Waals surface area contributed by atoms with Crippen molar-refractivity contribution in [1.82, 2.24) is 0 Å². The summed E-state index contributed by atoms with van der Waals surface area (Å²) in [6, 6.07) is 8.61. The fourth-order valence-corrected chi connectivity index (χ4v) is 1.94. The van der Waals surface area contributed by atoms with E-state index in [1.165, 1.54) is 11.3 Å². The minimum atomic E-state index is -1.21. The Morgan fingerprint density at radius 2 is 1.62 bits per heavy atom. The van der Waals surface area contributed by atoms with E-state index in [4.69, 9.17) is 0 Å². The SMILES string of the molecule is CN(C)c1ccc(CC#C[Si](C)(C)C)cc1. The molecule has 1 rings (SSSR count). The third kappa shape index (κ3) is 4.54. The minimum Gasteiger partial charge on any atom is -0.378 e. The maximum Gasteiger partial charge on any atom is 0.129 e. The molecule has 0 radical (unpaired) electrons. The van der Waals surface area contributed by atoms with Gasteiger partial charge in [-0.1, -0.05) is 31.8 Å². The van der Waals surface area contributed by atoms with Crippen molar-refractivity contribution in [2.75, 3.05) is 19.0 Å². The quantitative estimate of drug-likeness (QED) is 0.558. The maximum atomic E-state index is 3.39. The molecule has 1 aromatic carbocycles. The monoisotopic (exact) mass is 231 g/mol. The predicted octanol–water partition coefficient (Wildman–Crippen LogP) is 3.18. The van der Waals surface area contributed by atoms with Crippen molar-refractivity contribution in [3.63, 3.8) is 0 Å². The smallest absolute Gasteiger partial charge is 0.129 e. The first-order valence-corrected chi connectivity index (χ1v) is 9.15. The lowest BCUT2D eigenvalue weighted by molar-refractivity contribution is 1.13. The van der Waals surface area contributed by atoms with Crippen LogP contribution < -0.4 is 4.90 Å². The Labute approximate surface area is 100 Å². The van der Waals surface area contributed by atoms with Gasteiger partial charge in [-0.3, -0.25) is 0 Å². The normalized spacial score (nSPS) is 10.6. The molecule has 0 aliphatic carbocycles. The van der Waals surface area contributed by atoms with Crippen molar-refractivity contribution in [2.45, 2.75) is 26.1 Å². The number of hydrogen-bond acceptors (Lipinski definition) is 1. The molecule has 0 atom stereocenters. The molecule has 0 fully saturated rings. The van der Waals surface area contributed by atoms with Crippen LogP contribution in [0.15, 0.2) is 24.3 Å². The summed E-state index contributed by atoms with van der Waals surface area (Å²) in [6.07, 6.45) is 0.873. The maximum absolute atomic E-state index is 3.39. The molecule has 0 saturated heterocycles. The van der Waals surface area contributed by atoms with E-state index in [9.17, 15) is 0 Å². The minimum absolute atomic E-state index is 0.873. The molecule has 0 spiro atoms. The Balaban J connectivity index is 2.65. The van der Waals surface area contributed by atoms with Crippen LogP contribution in [-0.2, 0) is 6.42 Å². The lowest BCUT2D eigenvalue weighted by Crippen LogP contribution is -2.16. The van der Waals surface area contributed by atoms with Crippen LogP contribution in [0.5, 0.6) is 0 Å². The Morgan fingerprint density at radius 3 is 2.06 bits per heavy atom. The van der Waals surface area contributed by atoms with Gasteiger partial charge in [0, 0.05) is 26.2 Å². The van der Waals surface area contributed by atoms with Crippen LogP contribution in [0.1, 0.15) is 5.56 Å². The second-order valence-electron chi connectivity index (χ2n) is 5.29. The Morgan fingerprint density at radius 1 is 1.06 bits per heavy atom. The number of benzene rings is 1. The predicted molar refractivity (Wildman–Crippen MR) is 75.6 cm³/mol. The number of nitrogens with zero attached hydrogens (tertiary/aromatic N) is 1. The fourth-order valence-electron chi connectivity index (χ4n) is 1.32. The van der Waals surface area contributed by atoms with Crippen molar-refractivity contribution in [2.24, 2.45) is 0 Å². The summed E-state index contributed by atoms with van der Waals surface area (Å²) < 4.78 is 0. The molecule has 0 bridgehead atoms. The molecular weight excluding hydrogens is 210 g/mol. The summed E-state index contributed by atoms with van der Waals surface area (Å²) in [7, 11) is 2.90. The number of anilines is 1. The van der Waals surface area contributed by atoms with Gasteiger partial charge >= 0.3 is 0 Å². The van der Waals surface area contributed by atoms with E-state index in [0.717, 1.165) is 6.42 Å². The highest BCUT2D eigenvalue weighted by atomic mass is 28.3. The summed E-state index contributed by atoms with van der Waals surface area (Å²) in [4.78, 5) is 2.11. The van der Waals surface area contributed by atoms with Gasteiger partial charge in [0.25, 0.3) is 0 Å². The van der Waals surface area contributed by atoms with Gasteiger partial charge in [-0.25, -0.2) is 0 Å². The highest BCUT2D eigenvalue weighted by Gasteiger charge is 2.06. The topological polar surface area (TPSA) is 3.24 Å². The van der Waals surface area contributed by atoms with Crippen LogP contribution in [0, 0.1) is 11.5 Å². The second-order valence-corrected chi connectivity index (χ2v) is 10.0. The lowest BCUT2D eigenvalue weighted by atomic mass is 10.1. The lowest BCUT2D eigenvalue weighted by Gasteiger charge is -2.12. The highest BCUT2D eigenvalue weighted by Crippen LogP contribution is 2.12. The van der Waals surface area contributed by atoms with Crippen LogP contribution in [0.25, 0.3) is 0 Å². The molecule has 86 valence electrons. The van der Waals surface area contributed by atoms with Crippen LogP contribution in [0.2, 0.25) is 19.6 Å². The average Bonchev–Trinajstić information content (AvgIpc) is 2.16. The second kappa shape index (κ2) is 5.22. The van der Waals surface area contributed by atoms with Crippen LogP contribution >= 0.6 is 0 Å². The number of hydrogen-bond donors (Lipinski definition) is 0. The molecule has 16 heavy (non-hydrogen) atoms. The Kier molecular flexibility index (Phi) is 4.20. The van der Waals surface area contributed by atoms with Gasteiger partial charge in [-0.15, -0.1) is 11.5 Å². The van der Waals surface area contributed by atoms with E-state index < -0.39 is 8.07 Å². The first-order valence-electron chi connectivity index (χ1n) is 5.65. The van der Waals surface area contributed by atoms with E-state index in [1.54, 1.807) is 0 Å². The summed E-state index contributed by atoms with van der Waals surface area (Å²) in [5.41, 5.74) is 5.93. The van der Waals surface area contributed by atoms with E-state index in [0.29, 0.717) is 0 Å². The van der Waals surface area contributed by atoms with Gasteiger partial charge < -0.3 is 4.90 Å². The molecule has 1 nitrogen and oxygen atoms in total. The third-order valence-corrected chi connectivity index (χ3v) is 3.14. The summed E-state index contributed by atoms with van der Waals surface area (Å²) in [5, 5.41) is 0. The first-order chi connectivity index (χ1) is 7.38. The van der Waals surface area contributed by atoms with Crippen LogP contribution in [0.4, 0.5) is 5.69 Å². The third-order valence-electron chi connectivity index (χ3n) is 2.21. The largest absolute Gasteiger partial charge is 0.378 e. The molecule has 0 N–H and O–H groups in total. The first kappa shape index (κ1) is 12.9. The molecule has 0 heterocycles. The molecule has 0 amide bonds. The van der Waals surface area contributed by atoms with Gasteiger partial charge in [-0.05, 0) is 17.7 Å². The molecular formula is C14H21NSi. The Hall–Kier alpha value is -1.20. The summed E-state index contributed by atoms with van der Waals surface area (Å²) in [6.45, 7) is 6.82. The Bertz CT molecular complexity index is 387. The van der Waals surface area contributed by atoms with Crippen LogP contribution in [0.3, 0.4) is 0 Å². The zero-order valence-corrected chi connectivity index (χ0v) is 12.0. The zero-order valence-electron chi connectivity index (χ0n) is 11.0. The zero-order chi connectivity index (χ0) is 12.2. The average molecular weight is 231 g/mol. The van der Waals surface area contributed by atoms with Gasteiger partial charge in [-0.2, -0.15) is 0 Å². The van der Waals surface area contributed by atoms with Gasteiger partial charge in [0.2, 0.25) is 0 Å². The molecule has 0 aliphatic rings. The molecule has 2 heteroatoms. The van der Waals surface area contributed by atoms with Gasteiger partial charge in [0.05, 0.1) is 0 Å². The van der Waals surface area contributed by atoms with Crippen molar-refractivity contribution >= 4 is 13.8 Å². The standard InChI is InChI=1S/C14H21NSi/c1-15(2)14-10-8-13(9-11-14)7-6-12-16(3,4)5/h8-11H,7H2,1-5H3. The number of rotatable bonds is 2. The molecule has 1 aromatic rings. The van der Waals surface area contributed by atoms with E-state index in [2.05, 4.69) is 74.4 Å². The fraction of sp³-hybridized carbons (Fsp3) is 0.429. The van der Waals surface area contributed by atoms with E-state index >= 15 is 0 Å². The highest BCUT2D eigenvalue weighted by molar-refractivity contribution is 6.83. The summed E-state index contributed by atoms with van der Waals surface area (Å²) in [5.74, 6) is 3.29. The van der Waals surface area contributed by atoms with Crippen molar-refractivity contribution in [3.05, 3.63) is 29.8 Å². The van der Waals surface area contributed by atoms with Gasteiger partial charge in [0.1, 0.15) is 8.07 Å². The molecule has 0 unspecified atom stereocenters.